The molecule has 1 unspecified atom stereocenters. The van der Waals surface area contributed by atoms with E-state index in [9.17, 15) is 4.79 Å². The van der Waals surface area contributed by atoms with E-state index in [4.69, 9.17) is 10.4 Å². The number of benzene rings is 1. The third-order valence-corrected chi connectivity index (χ3v) is 3.44. The maximum atomic E-state index is 11.5. The maximum Gasteiger partial charge on any atom is 0.339 e. The van der Waals surface area contributed by atoms with Crippen molar-refractivity contribution in [1.82, 2.24) is 0 Å². The van der Waals surface area contributed by atoms with Crippen LogP contribution in [0.25, 0.3) is 0 Å². The largest absolute Gasteiger partial charge is 0.465 e. The molecule has 1 aliphatic heterocycles. The van der Waals surface area contributed by atoms with Crippen molar-refractivity contribution >= 4 is 11.7 Å². The van der Waals surface area contributed by atoms with Gasteiger partial charge in [-0.3, -0.25) is 0 Å². The van der Waals surface area contributed by atoms with Gasteiger partial charge < -0.3 is 14.7 Å². The number of anilines is 1. The molecule has 0 saturated carbocycles. The number of carbonyl (C=O) groups is 1. The van der Waals surface area contributed by atoms with Crippen LogP contribution in [0, 0.1) is 17.2 Å². The average Bonchev–Trinajstić information content (AvgIpc) is 2.94. The van der Waals surface area contributed by atoms with Gasteiger partial charge in [0.1, 0.15) is 6.07 Å². The number of nitrogens with zero attached hydrogens (tertiary/aromatic N) is 2. The van der Waals surface area contributed by atoms with Crippen LogP contribution >= 0.6 is 0 Å². The highest BCUT2D eigenvalue weighted by Crippen LogP contribution is 2.25. The predicted octanol–water partition coefficient (Wildman–Crippen LogP) is 1.16. The summed E-state index contributed by atoms with van der Waals surface area (Å²) in [5.41, 5.74) is 1.50. The first-order chi connectivity index (χ1) is 9.19. The SMILES string of the molecule is COC(=O)c1ccc(N2CCC(CO)C2)cc1C#N. The maximum absolute atomic E-state index is 11.5. The zero-order valence-electron chi connectivity index (χ0n) is 10.8. The zero-order chi connectivity index (χ0) is 13.8. The molecule has 0 spiro atoms. The summed E-state index contributed by atoms with van der Waals surface area (Å²) in [6.07, 6.45) is 0.942. The summed E-state index contributed by atoms with van der Waals surface area (Å²) >= 11 is 0. The molecule has 100 valence electrons. The Morgan fingerprint density at radius 1 is 1.63 bits per heavy atom. The molecule has 5 nitrogen and oxygen atoms in total. The minimum absolute atomic E-state index is 0.182. The van der Waals surface area contributed by atoms with Gasteiger partial charge in [-0.15, -0.1) is 0 Å². The lowest BCUT2D eigenvalue weighted by molar-refractivity contribution is 0.0600. The first-order valence-corrected chi connectivity index (χ1v) is 6.18. The lowest BCUT2D eigenvalue weighted by Gasteiger charge is -2.19. The Morgan fingerprint density at radius 2 is 2.42 bits per heavy atom. The van der Waals surface area contributed by atoms with Crippen LogP contribution in [0.4, 0.5) is 5.69 Å². The fourth-order valence-electron chi connectivity index (χ4n) is 2.33. The number of aliphatic hydroxyl groups excluding tert-OH is 1. The van der Waals surface area contributed by atoms with Crippen LogP contribution in [0.3, 0.4) is 0 Å². The van der Waals surface area contributed by atoms with Crippen molar-refractivity contribution in [3.05, 3.63) is 29.3 Å². The Labute approximate surface area is 112 Å². The highest BCUT2D eigenvalue weighted by atomic mass is 16.5. The minimum Gasteiger partial charge on any atom is -0.465 e. The van der Waals surface area contributed by atoms with E-state index in [1.165, 1.54) is 7.11 Å². The third-order valence-electron chi connectivity index (χ3n) is 3.44. The molecule has 5 heteroatoms. The summed E-state index contributed by atoms with van der Waals surface area (Å²) < 4.78 is 4.64. The van der Waals surface area contributed by atoms with Gasteiger partial charge in [-0.2, -0.15) is 5.26 Å². The van der Waals surface area contributed by atoms with Crippen LogP contribution in [0.15, 0.2) is 18.2 Å². The molecule has 1 aromatic rings. The van der Waals surface area contributed by atoms with Gasteiger partial charge in [0.25, 0.3) is 0 Å². The number of nitriles is 1. The van der Waals surface area contributed by atoms with Gasteiger partial charge >= 0.3 is 5.97 Å². The second kappa shape index (κ2) is 5.72. The summed E-state index contributed by atoms with van der Waals surface area (Å²) in [4.78, 5) is 13.6. The molecule has 1 heterocycles. The fraction of sp³-hybridized carbons (Fsp3) is 0.429. The van der Waals surface area contributed by atoms with Crippen LogP contribution in [0.5, 0.6) is 0 Å². The van der Waals surface area contributed by atoms with E-state index in [2.05, 4.69) is 9.64 Å². The molecule has 0 radical (unpaired) electrons. The van der Waals surface area contributed by atoms with Gasteiger partial charge in [0.05, 0.1) is 18.2 Å². The Kier molecular flexibility index (Phi) is 4.03. The number of ether oxygens (including phenoxy) is 1. The first kappa shape index (κ1) is 13.4. The van der Waals surface area contributed by atoms with Crippen LogP contribution in [0.2, 0.25) is 0 Å². The standard InChI is InChI=1S/C14H16N2O3/c1-19-14(18)13-3-2-12(6-11(13)7-15)16-5-4-10(8-16)9-17/h2-3,6,10,17H,4-5,8-9H2,1H3. The van der Waals surface area contributed by atoms with Crippen molar-refractivity contribution in [2.45, 2.75) is 6.42 Å². The van der Waals surface area contributed by atoms with Gasteiger partial charge in [0.2, 0.25) is 0 Å². The quantitative estimate of drug-likeness (QED) is 0.826. The van der Waals surface area contributed by atoms with E-state index in [0.717, 1.165) is 25.2 Å². The van der Waals surface area contributed by atoms with E-state index >= 15 is 0 Å². The molecular weight excluding hydrogens is 244 g/mol. The Morgan fingerprint density at radius 3 is 3.00 bits per heavy atom. The van der Waals surface area contributed by atoms with Crippen LogP contribution in [-0.4, -0.2) is 37.9 Å². The van der Waals surface area contributed by atoms with E-state index in [-0.39, 0.29) is 18.1 Å². The van der Waals surface area contributed by atoms with Crippen LogP contribution in [-0.2, 0) is 4.74 Å². The number of rotatable bonds is 3. The number of aliphatic hydroxyl groups is 1. The molecule has 1 fully saturated rings. The van der Waals surface area contributed by atoms with Gasteiger partial charge in [-0.25, -0.2) is 4.79 Å². The van der Waals surface area contributed by atoms with Crippen LogP contribution < -0.4 is 4.90 Å². The molecular formula is C14H16N2O3. The molecule has 19 heavy (non-hydrogen) atoms. The second-order valence-electron chi connectivity index (χ2n) is 4.62. The lowest BCUT2D eigenvalue weighted by Crippen LogP contribution is -2.21. The second-order valence-corrected chi connectivity index (χ2v) is 4.62. The molecule has 0 aromatic heterocycles. The van der Waals surface area contributed by atoms with Crippen molar-refractivity contribution in [3.8, 4) is 6.07 Å². The van der Waals surface area contributed by atoms with Gasteiger partial charge in [-0.05, 0) is 24.6 Å². The van der Waals surface area contributed by atoms with Crippen molar-refractivity contribution in [3.63, 3.8) is 0 Å². The predicted molar refractivity (Wildman–Crippen MR) is 69.9 cm³/mol. The molecule has 2 rings (SSSR count). The number of methoxy groups -OCH3 is 1. The highest BCUT2D eigenvalue weighted by Gasteiger charge is 2.23. The summed E-state index contributed by atoms with van der Waals surface area (Å²) in [6.45, 7) is 1.81. The van der Waals surface area contributed by atoms with Crippen molar-refractivity contribution in [2.24, 2.45) is 5.92 Å². The van der Waals surface area contributed by atoms with E-state index in [1.807, 2.05) is 12.1 Å². The van der Waals surface area contributed by atoms with Gasteiger partial charge in [0.15, 0.2) is 0 Å². The number of hydrogen-bond donors (Lipinski definition) is 1. The van der Waals surface area contributed by atoms with Crippen LogP contribution in [0.1, 0.15) is 22.3 Å². The molecule has 0 amide bonds. The zero-order valence-corrected chi connectivity index (χ0v) is 10.8. The molecule has 1 saturated heterocycles. The molecule has 0 bridgehead atoms. The van der Waals surface area contributed by atoms with Crippen molar-refractivity contribution in [2.75, 3.05) is 31.7 Å². The average molecular weight is 260 g/mol. The van der Waals surface area contributed by atoms with E-state index in [0.29, 0.717) is 5.56 Å². The number of carbonyl (C=O) groups excluding carboxylic acids is 1. The molecule has 1 aromatic carbocycles. The highest BCUT2D eigenvalue weighted by molar-refractivity contribution is 5.92. The number of esters is 1. The summed E-state index contributed by atoms with van der Waals surface area (Å²) in [7, 11) is 1.30. The Balaban J connectivity index is 2.25. The Hall–Kier alpha value is -2.06. The monoisotopic (exact) mass is 260 g/mol. The smallest absolute Gasteiger partial charge is 0.339 e. The fourth-order valence-corrected chi connectivity index (χ4v) is 2.33. The topological polar surface area (TPSA) is 73.6 Å². The Bertz CT molecular complexity index is 522. The summed E-state index contributed by atoms with van der Waals surface area (Å²) in [5, 5.41) is 18.3. The van der Waals surface area contributed by atoms with Gasteiger partial charge in [0, 0.05) is 31.3 Å². The minimum atomic E-state index is -0.502. The van der Waals surface area contributed by atoms with Crippen molar-refractivity contribution in [1.29, 1.82) is 5.26 Å². The lowest BCUT2D eigenvalue weighted by atomic mass is 10.1. The van der Waals surface area contributed by atoms with Crippen molar-refractivity contribution < 1.29 is 14.6 Å². The van der Waals surface area contributed by atoms with E-state index < -0.39 is 5.97 Å². The molecule has 1 aliphatic rings. The third kappa shape index (κ3) is 2.69. The van der Waals surface area contributed by atoms with Gasteiger partial charge in [-0.1, -0.05) is 0 Å². The normalized spacial score (nSPS) is 18.2. The molecule has 0 aliphatic carbocycles. The summed E-state index contributed by atoms with van der Waals surface area (Å²) in [5.74, 6) is -0.219. The summed E-state index contributed by atoms with van der Waals surface area (Å²) in [6, 6.07) is 7.15. The first-order valence-electron chi connectivity index (χ1n) is 6.18. The van der Waals surface area contributed by atoms with E-state index in [1.54, 1.807) is 12.1 Å². The number of hydrogen-bond acceptors (Lipinski definition) is 5. The molecule has 1 atom stereocenters. The molecule has 1 N–H and O–H groups in total.